The first-order valence-electron chi connectivity index (χ1n) is 30.8. The Hall–Kier alpha value is -6.42. The van der Waals surface area contributed by atoms with Crippen LogP contribution in [0.5, 0.6) is 0 Å². The summed E-state index contributed by atoms with van der Waals surface area (Å²) in [6.45, 7) is 30.8. The third-order valence-corrected chi connectivity index (χ3v) is 16.1. The van der Waals surface area contributed by atoms with Crippen LogP contribution >= 0.6 is 0 Å². The molecule has 1 unspecified atom stereocenters. The van der Waals surface area contributed by atoms with Crippen LogP contribution in [-0.4, -0.2) is 221 Å². The van der Waals surface area contributed by atoms with E-state index in [2.05, 4.69) is 21.3 Å². The summed E-state index contributed by atoms with van der Waals surface area (Å²) in [4.78, 5) is 183. The summed E-state index contributed by atoms with van der Waals surface area (Å²) in [5.74, 6) is -11.6. The number of rotatable bonds is 15. The third-order valence-electron chi connectivity index (χ3n) is 16.1. The van der Waals surface area contributed by atoms with E-state index in [1.807, 2.05) is 55.4 Å². The molecule has 4 N–H and O–H groups in total. The van der Waals surface area contributed by atoms with Gasteiger partial charge in [-0.2, -0.15) is 0 Å². The smallest absolute Gasteiger partial charge is 0.251 e. The number of nitrogens with zero attached hydrogens (tertiary/aromatic N) is 7. The molecule has 11 atom stereocenters. The van der Waals surface area contributed by atoms with Crippen molar-refractivity contribution in [3.63, 3.8) is 0 Å². The van der Waals surface area contributed by atoms with Gasteiger partial charge in [0.1, 0.15) is 54.4 Å². The third kappa shape index (κ3) is 21.5. The number of nitrogens with one attached hydrogen (secondary N) is 4. The van der Waals surface area contributed by atoms with Crippen molar-refractivity contribution in [1.29, 1.82) is 0 Å². The molecule has 1 aliphatic heterocycles. The molecule has 0 bridgehead atoms. The molecule has 86 heavy (non-hydrogen) atoms. The number of likely N-dealkylation sites (N-methyl/N-ethyl adjacent to an activating group) is 7. The van der Waals surface area contributed by atoms with Gasteiger partial charge >= 0.3 is 0 Å². The van der Waals surface area contributed by atoms with Gasteiger partial charge in [-0.25, -0.2) is 0 Å². The van der Waals surface area contributed by atoms with Crippen LogP contribution in [0.3, 0.4) is 0 Å². The highest BCUT2D eigenvalue weighted by Crippen LogP contribution is 2.25. The van der Waals surface area contributed by atoms with Gasteiger partial charge in [0.05, 0.1) is 6.54 Å². The van der Waals surface area contributed by atoms with Gasteiger partial charge in [0.2, 0.25) is 59.1 Å². The zero-order valence-corrected chi connectivity index (χ0v) is 56.8. The SMILES string of the molecule is C/C=C/C[C@@H](C)C(=O)[C@@H]1C(=O)N[C@@H](C(C)C)C(=O)N(C)CC(=O)N(C)[C@@H](CC(C)C)C(=O)N[C@H](C(C)C)C(=O)N(C)[C@@H](CC(C)C)C(=O)N[C@@H](C)C(=O)N[C@H](C)C(=O)N(C)[C@@H](CC(C)C)C(=O)N(C)[C@H](CC(C)C)C(=O)N(C)C(C(C)C)C(=O)N1C. The van der Waals surface area contributed by atoms with Crippen molar-refractivity contribution >= 4 is 70.8 Å². The molecule has 23 heteroatoms. The van der Waals surface area contributed by atoms with Crippen molar-refractivity contribution in [2.24, 2.45) is 47.3 Å². The second kappa shape index (κ2) is 34.8. The first-order valence-corrected chi connectivity index (χ1v) is 30.8. The van der Waals surface area contributed by atoms with Crippen LogP contribution in [0.1, 0.15) is 157 Å². The van der Waals surface area contributed by atoms with E-state index >= 15 is 9.59 Å². The zero-order valence-electron chi connectivity index (χ0n) is 56.8. The fourth-order valence-electron chi connectivity index (χ4n) is 10.7. The highest BCUT2D eigenvalue weighted by atomic mass is 16.2. The molecule has 1 saturated heterocycles. The van der Waals surface area contributed by atoms with Gasteiger partial charge < -0.3 is 55.6 Å². The van der Waals surface area contributed by atoms with Crippen LogP contribution in [0, 0.1) is 47.3 Å². The molecule has 0 spiro atoms. The summed E-state index contributed by atoms with van der Waals surface area (Å²) >= 11 is 0. The van der Waals surface area contributed by atoms with Crippen molar-refractivity contribution in [2.45, 2.75) is 217 Å². The maximum Gasteiger partial charge on any atom is 0.251 e. The minimum absolute atomic E-state index is 0.128. The molecule has 0 aliphatic carbocycles. The van der Waals surface area contributed by atoms with Gasteiger partial charge in [-0.3, -0.25) is 57.5 Å². The molecule has 0 aromatic carbocycles. The predicted molar refractivity (Wildman–Crippen MR) is 332 cm³/mol. The summed E-state index contributed by atoms with van der Waals surface area (Å²) in [5, 5.41) is 11.0. The second-order valence-corrected chi connectivity index (χ2v) is 26.6. The van der Waals surface area contributed by atoms with Gasteiger partial charge in [-0.15, -0.1) is 0 Å². The maximum atomic E-state index is 15.2. The van der Waals surface area contributed by atoms with Gasteiger partial charge in [-0.1, -0.05) is 116 Å². The lowest BCUT2D eigenvalue weighted by Crippen LogP contribution is -2.63. The van der Waals surface area contributed by atoms with Crippen LogP contribution in [0.2, 0.25) is 0 Å². The molecule has 23 nitrogen and oxygen atoms in total. The lowest BCUT2D eigenvalue weighted by molar-refractivity contribution is -0.157. The molecular weight excluding hydrogens is 1100 g/mol. The van der Waals surface area contributed by atoms with Gasteiger partial charge in [0, 0.05) is 55.3 Å². The topological polar surface area (TPSA) is 276 Å². The molecule has 0 aromatic rings. The standard InChI is InChI=1S/C63H111N11O12/c1-26-27-28-41(16)53(76)52-57(80)67-49(38(10)11)61(84)68(19)33-48(75)69(20)44(29-34(2)3)56(79)66-50(39(12)13)62(85)70(21)45(30-35(4)5)55(78)64-42(17)54(77)65-43(18)58(81)71(22)46(31-36(6)7)59(82)72(23)47(32-37(8)9)60(83)73(24)51(40(14)15)63(86)74(52)25/h26-27,34-47,49-52H,28-33H2,1-25H3,(H,64,78)(H,65,77)(H,66,79)(H,67,80)/b27-26+/t41-,42+,43-,44+,45+,46+,47-,49+,50-,51?,52-/m1/s1. The van der Waals surface area contributed by atoms with E-state index in [1.165, 1.54) is 87.7 Å². The molecule has 1 rings (SSSR count). The number of hydrogen-bond acceptors (Lipinski definition) is 12. The zero-order chi connectivity index (χ0) is 66.8. The lowest BCUT2D eigenvalue weighted by Gasteiger charge is -2.41. The van der Waals surface area contributed by atoms with Crippen LogP contribution in [-0.2, 0) is 57.5 Å². The summed E-state index contributed by atoms with van der Waals surface area (Å²) in [6, 6.07) is -12.7. The summed E-state index contributed by atoms with van der Waals surface area (Å²) in [7, 11) is 9.80. The number of ketones is 1. The first kappa shape index (κ1) is 77.6. The summed E-state index contributed by atoms with van der Waals surface area (Å²) in [6.07, 6.45) is 4.28. The molecule has 490 valence electrons. The van der Waals surface area contributed by atoms with Crippen LogP contribution < -0.4 is 21.3 Å². The number of allylic oxidation sites excluding steroid dienone is 2. The fraction of sp³-hybridized carbons (Fsp3) is 0.778. The average molecular weight is 1210 g/mol. The number of carbonyl (C=O) groups is 12. The maximum absolute atomic E-state index is 15.2. The normalized spacial score (nSPS) is 26.4. The Morgan fingerprint density at radius 1 is 0.430 bits per heavy atom. The van der Waals surface area contributed by atoms with E-state index in [1.54, 1.807) is 67.5 Å². The Morgan fingerprint density at radius 3 is 1.26 bits per heavy atom. The van der Waals surface area contributed by atoms with Gasteiger partial charge in [0.25, 0.3) is 5.91 Å². The predicted octanol–water partition coefficient (Wildman–Crippen LogP) is 3.72. The first-order chi connectivity index (χ1) is 39.6. The molecule has 0 saturated carbocycles. The monoisotopic (exact) mass is 1210 g/mol. The Bertz CT molecular complexity index is 2410. The van der Waals surface area contributed by atoms with Crippen LogP contribution in [0.15, 0.2) is 12.2 Å². The van der Waals surface area contributed by atoms with Crippen molar-refractivity contribution in [2.75, 3.05) is 55.9 Å². The van der Waals surface area contributed by atoms with E-state index in [0.29, 0.717) is 0 Å². The van der Waals surface area contributed by atoms with E-state index in [4.69, 9.17) is 0 Å². The Labute approximate surface area is 514 Å². The van der Waals surface area contributed by atoms with Crippen LogP contribution in [0.4, 0.5) is 0 Å². The summed E-state index contributed by atoms with van der Waals surface area (Å²) < 4.78 is 0. The van der Waals surface area contributed by atoms with Crippen molar-refractivity contribution in [1.82, 2.24) is 55.6 Å². The highest BCUT2D eigenvalue weighted by molar-refractivity contribution is 6.10. The molecule has 0 radical (unpaired) electrons. The van der Waals surface area contributed by atoms with E-state index in [-0.39, 0.29) is 55.8 Å². The second-order valence-electron chi connectivity index (χ2n) is 26.6. The van der Waals surface area contributed by atoms with Gasteiger partial charge in [0.15, 0.2) is 11.8 Å². The molecule has 0 aromatic heterocycles. The lowest BCUT2D eigenvalue weighted by atomic mass is 9.92. The molecule has 1 heterocycles. The minimum atomic E-state index is -1.82. The van der Waals surface area contributed by atoms with Crippen molar-refractivity contribution < 1.29 is 57.5 Å². The van der Waals surface area contributed by atoms with E-state index in [0.717, 1.165) is 9.80 Å². The quantitative estimate of drug-likeness (QED) is 0.135. The minimum Gasteiger partial charge on any atom is -0.343 e. The fourth-order valence-corrected chi connectivity index (χ4v) is 10.7. The molecular formula is C63H111N11O12. The number of hydrogen-bond donors (Lipinski definition) is 4. The molecule has 1 fully saturated rings. The summed E-state index contributed by atoms with van der Waals surface area (Å²) in [5.41, 5.74) is 0. The largest absolute Gasteiger partial charge is 0.343 e. The molecule has 1 aliphatic rings. The van der Waals surface area contributed by atoms with Gasteiger partial charge in [-0.05, 0) is 94.3 Å². The number of amides is 11. The molecule has 11 amide bonds. The van der Waals surface area contributed by atoms with Crippen molar-refractivity contribution in [3.05, 3.63) is 12.2 Å². The Balaban J connectivity index is 4.37. The van der Waals surface area contributed by atoms with Crippen LogP contribution in [0.25, 0.3) is 0 Å². The Morgan fingerprint density at radius 2 is 0.814 bits per heavy atom. The van der Waals surface area contributed by atoms with E-state index in [9.17, 15) is 47.9 Å². The number of carbonyl (C=O) groups excluding carboxylic acids is 12. The van der Waals surface area contributed by atoms with E-state index < -0.39 is 161 Å². The number of Topliss-reactive ketones (excluding diaryl/α,β-unsaturated/α-hetero) is 1. The van der Waals surface area contributed by atoms with Crippen molar-refractivity contribution in [3.8, 4) is 0 Å². The average Bonchev–Trinajstić information content (AvgIpc) is 2.16. The highest BCUT2D eigenvalue weighted by Gasteiger charge is 2.46. The Kier molecular flexibility index (Phi) is 31.4.